The van der Waals surface area contributed by atoms with Crippen molar-refractivity contribution < 1.29 is 0 Å². The minimum absolute atomic E-state index is 0.725. The highest BCUT2D eigenvalue weighted by molar-refractivity contribution is 6.09. The molecule has 0 atom stereocenters. The van der Waals surface area contributed by atoms with Crippen LogP contribution in [0.3, 0.4) is 0 Å². The third kappa shape index (κ3) is 5.75. The first-order valence-electron chi connectivity index (χ1n) is 20.9. The zero-order chi connectivity index (χ0) is 41.0. The first kappa shape index (κ1) is 35.5. The van der Waals surface area contributed by atoms with Crippen molar-refractivity contribution in [2.45, 2.75) is 0 Å². The van der Waals surface area contributed by atoms with Gasteiger partial charge in [0.25, 0.3) is 0 Å². The fourth-order valence-corrected chi connectivity index (χ4v) is 9.37. The molecule has 0 fully saturated rings. The number of aromatic nitrogens is 3. The quantitative estimate of drug-likeness (QED) is 0.162. The highest BCUT2D eigenvalue weighted by Gasteiger charge is 2.31. The summed E-state index contributed by atoms with van der Waals surface area (Å²) in [5, 5.41) is 18.9. The zero-order valence-electron chi connectivity index (χ0n) is 33.4. The van der Waals surface area contributed by atoms with Gasteiger partial charge in [0.15, 0.2) is 0 Å². The van der Waals surface area contributed by atoms with E-state index in [0.29, 0.717) is 0 Å². The lowest BCUT2D eigenvalue weighted by Gasteiger charge is -2.22. The third-order valence-electron chi connectivity index (χ3n) is 12.1. The Bertz CT molecular complexity index is 3620. The van der Waals surface area contributed by atoms with Crippen molar-refractivity contribution >= 4 is 11.4 Å². The molecule has 5 nitrogen and oxygen atoms in total. The van der Waals surface area contributed by atoms with Gasteiger partial charge in [0, 0.05) is 43.8 Å². The fourth-order valence-electron chi connectivity index (χ4n) is 9.37. The first-order valence-corrected chi connectivity index (χ1v) is 20.9. The topological polar surface area (TPSA) is 63.4 Å². The van der Waals surface area contributed by atoms with Gasteiger partial charge in [-0.1, -0.05) is 182 Å². The Morgan fingerprint density at radius 3 is 1.35 bits per heavy atom. The van der Waals surface area contributed by atoms with Crippen LogP contribution in [0.2, 0.25) is 0 Å². The lowest BCUT2D eigenvalue weighted by molar-refractivity contribution is 0.879. The van der Waals surface area contributed by atoms with Crippen molar-refractivity contribution in [3.63, 3.8) is 0 Å². The van der Waals surface area contributed by atoms with Crippen LogP contribution in [-0.2, 0) is 0 Å². The summed E-state index contributed by atoms with van der Waals surface area (Å²) in [6.45, 7) is 0. The molecule has 3 heterocycles. The molecule has 0 radical (unpaired) electrons. The third-order valence-corrected chi connectivity index (χ3v) is 12.1. The Morgan fingerprint density at radius 2 is 0.742 bits per heavy atom. The number of hydrogen-bond donors (Lipinski definition) is 0. The highest BCUT2D eigenvalue weighted by atomic mass is 15.3. The maximum Gasteiger partial charge on any atom is 0.105 e. The normalized spacial score (nSPS) is 11.8. The molecule has 0 aliphatic carbocycles. The molecule has 2 aliphatic rings. The van der Waals surface area contributed by atoms with Crippen LogP contribution in [0.4, 0.5) is 11.4 Å². The summed E-state index contributed by atoms with van der Waals surface area (Å²) in [7, 11) is 0. The Labute approximate surface area is 358 Å². The second-order valence-corrected chi connectivity index (χ2v) is 15.6. The average Bonchev–Trinajstić information content (AvgIpc) is 3.93. The molecule has 0 spiro atoms. The molecule has 2 aliphatic heterocycles. The van der Waals surface area contributed by atoms with Crippen molar-refractivity contribution in [1.29, 1.82) is 0 Å². The van der Waals surface area contributed by atoms with E-state index in [2.05, 4.69) is 211 Å². The van der Waals surface area contributed by atoms with Crippen LogP contribution >= 0.6 is 0 Å². The molecule has 1 aromatic heterocycles. The maximum atomic E-state index is 5.32. The standard InChI is InChI=1S/C57H35N5/c1-4-18-36(19-5-1)39-24-10-13-28-43(39)51-47(33-35-49-53(51)54-50(58-49)34-32-46-42-27-16-17-31-48(42)59-55(46)54)57-52(44-29-14-11-25-40(44)37-20-6-2-7-21-37)56(60-62-61-57)45-30-15-12-26-41(45)38-22-8-3-9-23-38/h1-35H. The van der Waals surface area contributed by atoms with Gasteiger partial charge in [-0.3, -0.25) is 0 Å². The molecule has 12 rings (SSSR count). The molecule has 0 unspecified atom stereocenters. The van der Waals surface area contributed by atoms with Crippen molar-refractivity contribution in [2.24, 2.45) is 9.98 Å². The summed E-state index contributed by atoms with van der Waals surface area (Å²) in [5.41, 5.74) is 17.8. The van der Waals surface area contributed by atoms with E-state index in [9.17, 15) is 0 Å². The van der Waals surface area contributed by atoms with Crippen LogP contribution < -0.4 is 10.7 Å². The van der Waals surface area contributed by atoms with Crippen LogP contribution in [0, 0.1) is 10.4 Å². The Kier molecular flexibility index (Phi) is 8.42. The zero-order valence-corrected chi connectivity index (χ0v) is 33.4. The van der Waals surface area contributed by atoms with Gasteiger partial charge in [0.05, 0.1) is 22.1 Å². The van der Waals surface area contributed by atoms with Gasteiger partial charge in [0.1, 0.15) is 11.4 Å². The first-order chi connectivity index (χ1) is 30.8. The van der Waals surface area contributed by atoms with E-state index < -0.39 is 0 Å². The lowest BCUT2D eigenvalue weighted by atomic mass is 9.82. The van der Waals surface area contributed by atoms with Gasteiger partial charge in [-0.25, -0.2) is 9.98 Å². The summed E-state index contributed by atoms with van der Waals surface area (Å²) in [6.07, 6.45) is 0. The molecular formula is C57H35N5. The van der Waals surface area contributed by atoms with Gasteiger partial charge in [-0.2, -0.15) is 0 Å². The average molecular weight is 790 g/mol. The summed E-state index contributed by atoms with van der Waals surface area (Å²) < 4.78 is 0. The van der Waals surface area contributed by atoms with Crippen molar-refractivity contribution in [1.82, 2.24) is 15.4 Å². The van der Waals surface area contributed by atoms with Crippen molar-refractivity contribution in [3.8, 4) is 89.3 Å². The molecule has 288 valence electrons. The Morgan fingerprint density at radius 1 is 0.258 bits per heavy atom. The van der Waals surface area contributed by atoms with Gasteiger partial charge in [-0.15, -0.1) is 10.2 Å². The SMILES string of the molecule is c1ccc(-c2ccccc2-c2nnnc(-c3ccc4c(c3-c3ccccc3-c3ccccc3)-c3c5c(ccc3=N4)=c3ccccc3=N5)c2-c2ccccc2-c2ccccc2)cc1. The second-order valence-electron chi connectivity index (χ2n) is 15.6. The molecule has 0 saturated carbocycles. The molecule has 9 aromatic carbocycles. The number of rotatable bonds is 7. The molecule has 0 bridgehead atoms. The van der Waals surface area contributed by atoms with Crippen molar-refractivity contribution in [2.75, 3.05) is 0 Å². The number of benzene rings is 9. The summed E-state index contributed by atoms with van der Waals surface area (Å²) in [5.74, 6) is 0. The van der Waals surface area contributed by atoms with Crippen LogP contribution in [-0.4, -0.2) is 15.4 Å². The van der Waals surface area contributed by atoms with Gasteiger partial charge < -0.3 is 0 Å². The minimum atomic E-state index is 0.725. The number of para-hydroxylation sites is 1. The Hall–Kier alpha value is -8.41. The van der Waals surface area contributed by atoms with Crippen LogP contribution in [0.15, 0.2) is 222 Å². The summed E-state index contributed by atoms with van der Waals surface area (Å²) in [6, 6.07) is 74.4. The van der Waals surface area contributed by atoms with E-state index in [4.69, 9.17) is 20.2 Å². The van der Waals surface area contributed by atoms with Crippen LogP contribution in [0.1, 0.15) is 0 Å². The molecule has 0 amide bonds. The van der Waals surface area contributed by atoms with Crippen molar-refractivity contribution in [3.05, 3.63) is 233 Å². The monoisotopic (exact) mass is 789 g/mol. The van der Waals surface area contributed by atoms with E-state index >= 15 is 0 Å². The predicted octanol–water partition coefficient (Wildman–Crippen LogP) is 13.0. The minimum Gasteiger partial charge on any atom is -0.248 e. The van der Waals surface area contributed by atoms with E-state index in [1.165, 1.54) is 0 Å². The second kappa shape index (κ2) is 14.7. The number of fused-ring (bicyclic) bond motifs is 6. The number of hydrogen-bond acceptors (Lipinski definition) is 5. The lowest BCUT2D eigenvalue weighted by Crippen LogP contribution is -2.04. The van der Waals surface area contributed by atoms with Gasteiger partial charge in [-0.05, 0) is 80.1 Å². The summed E-state index contributed by atoms with van der Waals surface area (Å²) in [4.78, 5) is 10.6. The van der Waals surface area contributed by atoms with Crippen LogP contribution in [0.5, 0.6) is 0 Å². The molecule has 10 aromatic rings. The highest BCUT2D eigenvalue weighted by Crippen LogP contribution is 2.53. The molecule has 0 N–H and O–H groups in total. The van der Waals surface area contributed by atoms with E-state index in [1.54, 1.807) is 0 Å². The van der Waals surface area contributed by atoms with E-state index in [0.717, 1.165) is 122 Å². The smallest absolute Gasteiger partial charge is 0.105 e. The molecule has 62 heavy (non-hydrogen) atoms. The predicted molar refractivity (Wildman–Crippen MR) is 249 cm³/mol. The summed E-state index contributed by atoms with van der Waals surface area (Å²) >= 11 is 0. The maximum absolute atomic E-state index is 5.32. The number of nitrogens with zero attached hydrogens (tertiary/aromatic N) is 5. The Balaban J connectivity index is 1.23. The molecule has 5 heteroatoms. The van der Waals surface area contributed by atoms with Crippen LogP contribution in [0.25, 0.3) is 89.3 Å². The van der Waals surface area contributed by atoms with E-state index in [1.807, 2.05) is 6.07 Å². The van der Waals surface area contributed by atoms with Gasteiger partial charge >= 0.3 is 0 Å². The van der Waals surface area contributed by atoms with Gasteiger partial charge in [0.2, 0.25) is 0 Å². The van der Waals surface area contributed by atoms with E-state index in [-0.39, 0.29) is 0 Å². The largest absolute Gasteiger partial charge is 0.248 e. The molecule has 0 saturated heterocycles. The fraction of sp³-hybridized carbons (Fsp3) is 0. The molecular weight excluding hydrogens is 755 g/mol.